The number of hydrogen-bond donors (Lipinski definition) is 2. The molecule has 11 heteroatoms. The van der Waals surface area contributed by atoms with Crippen LogP contribution in [-0.4, -0.2) is 36.3 Å². The van der Waals surface area contributed by atoms with E-state index in [0.717, 1.165) is 30.7 Å². The Kier molecular flexibility index (Phi) is 4.05. The van der Waals surface area contributed by atoms with Gasteiger partial charge in [-0.1, -0.05) is 0 Å². The summed E-state index contributed by atoms with van der Waals surface area (Å²) in [7, 11) is 3.13. The third-order valence-corrected chi connectivity index (χ3v) is 5.08. The highest BCUT2D eigenvalue weighted by Crippen LogP contribution is 2.40. The quantitative estimate of drug-likeness (QED) is 0.710. The van der Waals surface area contributed by atoms with Gasteiger partial charge in [0.2, 0.25) is 5.95 Å². The maximum Gasteiger partial charge on any atom is 0.421 e. The SMILES string of the molecule is CNc1nc(Nc2cc(C3(C)CCn4ccnc43)nn2C)ncc1C(F)(F)F. The molecule has 0 aliphatic carbocycles. The van der Waals surface area contributed by atoms with E-state index >= 15 is 0 Å². The van der Waals surface area contributed by atoms with E-state index in [1.807, 2.05) is 12.3 Å². The van der Waals surface area contributed by atoms with E-state index in [-0.39, 0.29) is 17.2 Å². The lowest BCUT2D eigenvalue weighted by atomic mass is 9.85. The number of imidazole rings is 1. The molecule has 2 N–H and O–H groups in total. The number of halogens is 3. The van der Waals surface area contributed by atoms with Gasteiger partial charge in [0.1, 0.15) is 23.0 Å². The van der Waals surface area contributed by atoms with E-state index in [1.165, 1.54) is 7.05 Å². The largest absolute Gasteiger partial charge is 0.421 e. The molecule has 28 heavy (non-hydrogen) atoms. The monoisotopic (exact) mass is 392 g/mol. The summed E-state index contributed by atoms with van der Waals surface area (Å²) in [5.74, 6) is 1.27. The standard InChI is InChI=1S/C17H19F3N8/c1-16(4-6-28-7-5-22-14(16)28)11-8-12(27(3)26-11)24-15-23-9-10(17(18,19)20)13(21-2)25-15/h5,7-9H,4,6H2,1-3H3,(H2,21,23,24,25). The number of rotatable bonds is 4. The Balaban J connectivity index is 1.64. The Morgan fingerprint density at radius 1 is 1.25 bits per heavy atom. The normalized spacial score (nSPS) is 18.9. The van der Waals surface area contributed by atoms with E-state index < -0.39 is 11.7 Å². The molecule has 3 aromatic heterocycles. The number of aryl methyl sites for hydroxylation is 2. The summed E-state index contributed by atoms with van der Waals surface area (Å²) in [6, 6.07) is 1.85. The van der Waals surface area contributed by atoms with Crippen molar-refractivity contribution in [3.05, 3.63) is 41.7 Å². The third kappa shape index (κ3) is 2.86. The summed E-state index contributed by atoms with van der Waals surface area (Å²) in [6.07, 6.45) is 0.804. The first kappa shape index (κ1) is 18.3. The molecule has 1 aliphatic heterocycles. The van der Waals surface area contributed by atoms with Crippen molar-refractivity contribution < 1.29 is 13.2 Å². The average molecular weight is 392 g/mol. The molecule has 0 saturated heterocycles. The lowest BCUT2D eigenvalue weighted by Crippen LogP contribution is -2.22. The van der Waals surface area contributed by atoms with Gasteiger partial charge in [0.15, 0.2) is 0 Å². The van der Waals surface area contributed by atoms with E-state index in [2.05, 4.69) is 42.2 Å². The maximum absolute atomic E-state index is 13.0. The van der Waals surface area contributed by atoms with Crippen molar-refractivity contribution >= 4 is 17.6 Å². The molecule has 3 aromatic rings. The molecule has 0 radical (unpaired) electrons. The predicted molar refractivity (Wildman–Crippen MR) is 96.4 cm³/mol. The molecule has 0 saturated carbocycles. The van der Waals surface area contributed by atoms with Crippen LogP contribution >= 0.6 is 0 Å². The lowest BCUT2D eigenvalue weighted by Gasteiger charge is -2.19. The third-order valence-electron chi connectivity index (χ3n) is 5.08. The summed E-state index contributed by atoms with van der Waals surface area (Å²) in [5, 5.41) is 10.00. The Labute approximate surface area is 158 Å². The van der Waals surface area contributed by atoms with Gasteiger partial charge in [0, 0.05) is 45.3 Å². The van der Waals surface area contributed by atoms with Gasteiger partial charge in [-0.25, -0.2) is 9.97 Å². The summed E-state index contributed by atoms with van der Waals surface area (Å²) >= 11 is 0. The minimum atomic E-state index is -4.53. The molecule has 0 fully saturated rings. The smallest absolute Gasteiger partial charge is 0.372 e. The topological polar surface area (TPSA) is 85.5 Å². The molecular weight excluding hydrogens is 373 g/mol. The van der Waals surface area contributed by atoms with Gasteiger partial charge in [-0.05, 0) is 13.3 Å². The molecule has 8 nitrogen and oxygen atoms in total. The van der Waals surface area contributed by atoms with Crippen LogP contribution in [0.2, 0.25) is 0 Å². The highest BCUT2D eigenvalue weighted by Gasteiger charge is 2.40. The Hall–Kier alpha value is -3.11. The van der Waals surface area contributed by atoms with Gasteiger partial charge in [0.25, 0.3) is 0 Å². The summed E-state index contributed by atoms with van der Waals surface area (Å²) < 4.78 is 42.7. The summed E-state index contributed by atoms with van der Waals surface area (Å²) in [5.41, 5.74) is -0.432. The Bertz CT molecular complexity index is 1020. The van der Waals surface area contributed by atoms with Crippen molar-refractivity contribution in [2.24, 2.45) is 7.05 Å². The van der Waals surface area contributed by atoms with Crippen LogP contribution in [0.4, 0.5) is 30.8 Å². The Morgan fingerprint density at radius 2 is 2.04 bits per heavy atom. The van der Waals surface area contributed by atoms with Crippen LogP contribution in [0.25, 0.3) is 0 Å². The van der Waals surface area contributed by atoms with Gasteiger partial charge in [0.05, 0.1) is 11.1 Å². The first-order valence-corrected chi connectivity index (χ1v) is 8.67. The molecule has 4 heterocycles. The molecule has 0 amide bonds. The first-order chi connectivity index (χ1) is 13.2. The van der Waals surface area contributed by atoms with Crippen LogP contribution in [0.3, 0.4) is 0 Å². The molecule has 1 unspecified atom stereocenters. The van der Waals surface area contributed by atoms with Gasteiger partial charge < -0.3 is 15.2 Å². The number of fused-ring (bicyclic) bond motifs is 1. The number of alkyl halides is 3. The van der Waals surface area contributed by atoms with Crippen molar-refractivity contribution in [2.75, 3.05) is 17.7 Å². The minimum absolute atomic E-state index is 0.0463. The zero-order chi connectivity index (χ0) is 20.1. The second-order valence-corrected chi connectivity index (χ2v) is 6.89. The van der Waals surface area contributed by atoms with Gasteiger partial charge >= 0.3 is 6.18 Å². The van der Waals surface area contributed by atoms with Crippen molar-refractivity contribution in [1.82, 2.24) is 29.3 Å². The number of nitrogens with one attached hydrogen (secondary N) is 2. The van der Waals surface area contributed by atoms with Crippen LogP contribution < -0.4 is 10.6 Å². The fourth-order valence-corrected chi connectivity index (χ4v) is 3.48. The molecule has 4 rings (SSSR count). The van der Waals surface area contributed by atoms with Crippen LogP contribution in [0.15, 0.2) is 24.7 Å². The van der Waals surface area contributed by atoms with E-state index in [0.29, 0.717) is 5.82 Å². The number of anilines is 3. The fourth-order valence-electron chi connectivity index (χ4n) is 3.48. The van der Waals surface area contributed by atoms with E-state index in [4.69, 9.17) is 0 Å². The highest BCUT2D eigenvalue weighted by molar-refractivity contribution is 5.55. The van der Waals surface area contributed by atoms with Gasteiger partial charge in [-0.15, -0.1) is 0 Å². The van der Waals surface area contributed by atoms with Crippen molar-refractivity contribution in [2.45, 2.75) is 31.5 Å². The van der Waals surface area contributed by atoms with Crippen LogP contribution in [-0.2, 0) is 25.2 Å². The van der Waals surface area contributed by atoms with E-state index in [1.54, 1.807) is 17.9 Å². The molecule has 1 atom stereocenters. The molecule has 0 spiro atoms. The molecule has 148 valence electrons. The highest BCUT2D eigenvalue weighted by atomic mass is 19.4. The number of hydrogen-bond acceptors (Lipinski definition) is 6. The molecule has 1 aliphatic rings. The zero-order valence-corrected chi connectivity index (χ0v) is 15.5. The summed E-state index contributed by atoms with van der Waals surface area (Å²) in [4.78, 5) is 12.2. The first-order valence-electron chi connectivity index (χ1n) is 8.67. The van der Waals surface area contributed by atoms with Crippen LogP contribution in [0, 0.1) is 0 Å². The van der Waals surface area contributed by atoms with Crippen molar-refractivity contribution in [3.8, 4) is 0 Å². The van der Waals surface area contributed by atoms with Crippen molar-refractivity contribution in [3.63, 3.8) is 0 Å². The second-order valence-electron chi connectivity index (χ2n) is 6.89. The van der Waals surface area contributed by atoms with Crippen LogP contribution in [0.5, 0.6) is 0 Å². The number of nitrogens with zero attached hydrogens (tertiary/aromatic N) is 6. The van der Waals surface area contributed by atoms with Gasteiger partial charge in [-0.3, -0.25) is 4.68 Å². The predicted octanol–water partition coefficient (Wildman–Crippen LogP) is 2.92. The lowest BCUT2D eigenvalue weighted by molar-refractivity contribution is -0.137. The molecule has 0 aromatic carbocycles. The zero-order valence-electron chi connectivity index (χ0n) is 15.5. The number of aromatic nitrogens is 6. The fraction of sp³-hybridized carbons (Fsp3) is 0.412. The second kappa shape index (κ2) is 6.21. The average Bonchev–Trinajstić information content (AvgIpc) is 3.33. The minimum Gasteiger partial charge on any atom is -0.372 e. The van der Waals surface area contributed by atoms with E-state index in [9.17, 15) is 13.2 Å². The Morgan fingerprint density at radius 3 is 2.75 bits per heavy atom. The van der Waals surface area contributed by atoms with Crippen LogP contribution in [0.1, 0.15) is 30.4 Å². The molecule has 0 bridgehead atoms. The summed E-state index contributed by atoms with van der Waals surface area (Å²) in [6.45, 7) is 2.94. The van der Waals surface area contributed by atoms with Crippen molar-refractivity contribution in [1.29, 1.82) is 0 Å². The molecular formula is C17H19F3N8. The van der Waals surface area contributed by atoms with Gasteiger partial charge in [-0.2, -0.15) is 23.3 Å². The maximum atomic E-state index is 13.0.